The van der Waals surface area contributed by atoms with Gasteiger partial charge >= 0.3 is 0 Å². The average Bonchev–Trinajstić information content (AvgIpc) is 2.87. The highest BCUT2D eigenvalue weighted by molar-refractivity contribution is 7.91. The Hall–Kier alpha value is -1.80. The Bertz CT molecular complexity index is 766. The lowest BCUT2D eigenvalue weighted by atomic mass is 10.2. The van der Waals surface area contributed by atoms with Gasteiger partial charge in [-0.1, -0.05) is 11.6 Å². The number of hydrogen-bond donors (Lipinski definition) is 1. The summed E-state index contributed by atoms with van der Waals surface area (Å²) in [5.41, 5.74) is 0.522. The maximum absolute atomic E-state index is 12.1. The summed E-state index contributed by atoms with van der Waals surface area (Å²) in [6.45, 7) is 1.55. The molecule has 0 bridgehead atoms. The molecule has 2 amide bonds. The van der Waals surface area contributed by atoms with E-state index in [9.17, 15) is 18.0 Å². The summed E-state index contributed by atoms with van der Waals surface area (Å²) in [5, 5.41) is 3.08. The van der Waals surface area contributed by atoms with E-state index in [0.717, 1.165) is 0 Å². The first kappa shape index (κ1) is 19.5. The van der Waals surface area contributed by atoms with Gasteiger partial charge in [-0.2, -0.15) is 0 Å². The van der Waals surface area contributed by atoms with Gasteiger partial charge in [0.1, 0.15) is 5.75 Å². The standard InChI is InChI=1S/C16H21ClN2O5S/c1-11(20)19(13-6-8-25(22,23)10-13)7-5-16(21)18-12-3-4-15(24-2)14(17)9-12/h3-4,9,13H,5-8,10H2,1-2H3,(H,18,21). The maximum atomic E-state index is 12.1. The highest BCUT2D eigenvalue weighted by atomic mass is 35.5. The third-order valence-corrected chi connectivity index (χ3v) is 6.11. The van der Waals surface area contributed by atoms with Gasteiger partial charge in [0.2, 0.25) is 11.8 Å². The van der Waals surface area contributed by atoms with E-state index in [4.69, 9.17) is 16.3 Å². The molecule has 1 saturated heterocycles. The molecule has 2 rings (SSSR count). The molecular weight excluding hydrogens is 368 g/mol. The Morgan fingerprint density at radius 1 is 1.40 bits per heavy atom. The fourth-order valence-electron chi connectivity index (χ4n) is 2.81. The second-order valence-electron chi connectivity index (χ2n) is 5.92. The number of nitrogens with zero attached hydrogens (tertiary/aromatic N) is 1. The van der Waals surface area contributed by atoms with Crippen LogP contribution < -0.4 is 10.1 Å². The van der Waals surface area contributed by atoms with Gasteiger partial charge in [0.15, 0.2) is 9.84 Å². The molecule has 0 aromatic heterocycles. The molecule has 1 atom stereocenters. The van der Waals surface area contributed by atoms with Crippen molar-refractivity contribution in [3.05, 3.63) is 23.2 Å². The van der Waals surface area contributed by atoms with Crippen molar-refractivity contribution in [2.45, 2.75) is 25.8 Å². The number of rotatable bonds is 6. The van der Waals surface area contributed by atoms with Crippen LogP contribution in [0, 0.1) is 0 Å². The highest BCUT2D eigenvalue weighted by Gasteiger charge is 2.33. The first-order valence-corrected chi connectivity index (χ1v) is 10.0. The van der Waals surface area contributed by atoms with Crippen LogP contribution in [-0.4, -0.2) is 56.3 Å². The molecule has 0 spiro atoms. The average molecular weight is 389 g/mol. The van der Waals surface area contributed by atoms with Crippen molar-refractivity contribution < 1.29 is 22.7 Å². The van der Waals surface area contributed by atoms with E-state index >= 15 is 0 Å². The van der Waals surface area contributed by atoms with Gasteiger partial charge in [0, 0.05) is 31.6 Å². The number of hydrogen-bond acceptors (Lipinski definition) is 5. The summed E-state index contributed by atoms with van der Waals surface area (Å²) >= 11 is 6.01. The largest absolute Gasteiger partial charge is 0.495 e. The SMILES string of the molecule is COc1ccc(NC(=O)CCN(C(C)=O)C2CCS(=O)(=O)C2)cc1Cl. The Labute approximate surface area is 152 Å². The summed E-state index contributed by atoms with van der Waals surface area (Å²) in [5.74, 6) is 0.0286. The minimum absolute atomic E-state index is 0.0394. The van der Waals surface area contributed by atoms with Crippen LogP contribution in [0.2, 0.25) is 5.02 Å². The summed E-state index contributed by atoms with van der Waals surface area (Å²) < 4.78 is 28.2. The van der Waals surface area contributed by atoms with Crippen LogP contribution in [0.25, 0.3) is 0 Å². The summed E-state index contributed by atoms with van der Waals surface area (Å²) in [6.07, 6.45) is 0.484. The molecule has 1 aromatic carbocycles. The molecule has 1 aliphatic heterocycles. The van der Waals surface area contributed by atoms with Crippen LogP contribution >= 0.6 is 11.6 Å². The van der Waals surface area contributed by atoms with Crippen LogP contribution in [0.4, 0.5) is 5.69 Å². The molecule has 1 heterocycles. The van der Waals surface area contributed by atoms with E-state index in [-0.39, 0.29) is 42.3 Å². The molecule has 1 aliphatic rings. The molecule has 25 heavy (non-hydrogen) atoms. The van der Waals surface area contributed by atoms with Crippen molar-refractivity contribution in [1.29, 1.82) is 0 Å². The van der Waals surface area contributed by atoms with E-state index in [1.165, 1.54) is 18.9 Å². The molecule has 9 heteroatoms. The molecule has 138 valence electrons. The topological polar surface area (TPSA) is 92.8 Å². The lowest BCUT2D eigenvalue weighted by Gasteiger charge is -2.26. The Morgan fingerprint density at radius 2 is 2.12 bits per heavy atom. The predicted octanol–water partition coefficient (Wildman–Crippen LogP) is 1.71. The highest BCUT2D eigenvalue weighted by Crippen LogP contribution is 2.27. The Kier molecular flexibility index (Phi) is 6.29. The van der Waals surface area contributed by atoms with Crippen molar-refractivity contribution >= 4 is 38.9 Å². The second-order valence-corrected chi connectivity index (χ2v) is 8.55. The molecule has 1 fully saturated rings. The molecule has 7 nitrogen and oxygen atoms in total. The first-order valence-electron chi connectivity index (χ1n) is 7.83. The van der Waals surface area contributed by atoms with Crippen molar-refractivity contribution in [3.8, 4) is 5.75 Å². The smallest absolute Gasteiger partial charge is 0.226 e. The van der Waals surface area contributed by atoms with Crippen molar-refractivity contribution in [3.63, 3.8) is 0 Å². The third-order valence-electron chi connectivity index (χ3n) is 4.07. The number of amides is 2. The number of ether oxygens (including phenoxy) is 1. The minimum atomic E-state index is -3.09. The van der Waals surface area contributed by atoms with Crippen molar-refractivity contribution in [2.75, 3.05) is 30.5 Å². The number of anilines is 1. The zero-order valence-corrected chi connectivity index (χ0v) is 15.7. The molecular formula is C16H21ClN2O5S. The van der Waals surface area contributed by atoms with E-state index in [1.807, 2.05) is 0 Å². The summed E-state index contributed by atoms with van der Waals surface area (Å²) in [4.78, 5) is 25.4. The number of methoxy groups -OCH3 is 1. The third kappa shape index (κ3) is 5.34. The number of nitrogens with one attached hydrogen (secondary N) is 1. The Morgan fingerprint density at radius 3 is 2.64 bits per heavy atom. The maximum Gasteiger partial charge on any atom is 0.226 e. The summed E-state index contributed by atoms with van der Waals surface area (Å²) in [6, 6.07) is 4.52. The van der Waals surface area contributed by atoms with Gasteiger partial charge in [-0.3, -0.25) is 9.59 Å². The van der Waals surface area contributed by atoms with Crippen LogP contribution in [-0.2, 0) is 19.4 Å². The molecule has 1 aromatic rings. The summed E-state index contributed by atoms with van der Waals surface area (Å²) in [7, 11) is -1.59. The van der Waals surface area contributed by atoms with Crippen molar-refractivity contribution in [1.82, 2.24) is 4.90 Å². The molecule has 0 saturated carbocycles. The van der Waals surface area contributed by atoms with Crippen LogP contribution in [0.1, 0.15) is 19.8 Å². The number of sulfone groups is 1. The zero-order valence-electron chi connectivity index (χ0n) is 14.1. The van der Waals surface area contributed by atoms with E-state index < -0.39 is 9.84 Å². The van der Waals surface area contributed by atoms with Gasteiger partial charge < -0.3 is 15.0 Å². The Balaban J connectivity index is 1.93. The van der Waals surface area contributed by atoms with Crippen LogP contribution in [0.15, 0.2) is 18.2 Å². The monoisotopic (exact) mass is 388 g/mol. The van der Waals surface area contributed by atoms with Gasteiger partial charge in [0.25, 0.3) is 0 Å². The van der Waals surface area contributed by atoms with Gasteiger partial charge in [-0.15, -0.1) is 0 Å². The molecule has 0 aliphatic carbocycles. The number of carbonyl (C=O) groups is 2. The molecule has 1 unspecified atom stereocenters. The van der Waals surface area contributed by atoms with E-state index in [0.29, 0.717) is 22.9 Å². The van der Waals surface area contributed by atoms with E-state index in [1.54, 1.807) is 18.2 Å². The van der Waals surface area contributed by atoms with Gasteiger partial charge in [-0.25, -0.2) is 8.42 Å². The van der Waals surface area contributed by atoms with Gasteiger partial charge in [-0.05, 0) is 24.6 Å². The number of halogens is 1. The first-order chi connectivity index (χ1) is 11.7. The van der Waals surface area contributed by atoms with Crippen LogP contribution in [0.3, 0.4) is 0 Å². The van der Waals surface area contributed by atoms with Crippen LogP contribution in [0.5, 0.6) is 5.75 Å². The second kappa shape index (κ2) is 8.05. The number of benzene rings is 1. The van der Waals surface area contributed by atoms with Gasteiger partial charge in [0.05, 0.1) is 23.6 Å². The fourth-order valence-corrected chi connectivity index (χ4v) is 4.80. The normalized spacial score (nSPS) is 18.6. The molecule has 0 radical (unpaired) electrons. The van der Waals surface area contributed by atoms with Crippen molar-refractivity contribution in [2.24, 2.45) is 0 Å². The minimum Gasteiger partial charge on any atom is -0.495 e. The van der Waals surface area contributed by atoms with E-state index in [2.05, 4.69) is 5.32 Å². The predicted molar refractivity (Wildman–Crippen MR) is 95.7 cm³/mol. The zero-order chi connectivity index (χ0) is 18.6. The molecule has 1 N–H and O–H groups in total. The lowest BCUT2D eigenvalue weighted by Crippen LogP contribution is -2.41. The fraction of sp³-hybridized carbons (Fsp3) is 0.500. The number of carbonyl (C=O) groups excluding carboxylic acids is 2. The lowest BCUT2D eigenvalue weighted by molar-refractivity contribution is -0.131. The quantitative estimate of drug-likeness (QED) is 0.800.